The molecular weight excluding hydrogens is 311 g/mol. The molecule has 1 aliphatic carbocycles. The van der Waals surface area contributed by atoms with Gasteiger partial charge in [-0.15, -0.1) is 0 Å². The maximum absolute atomic E-state index is 13.1. The van der Waals surface area contributed by atoms with Gasteiger partial charge in [0, 0.05) is 0 Å². The molecule has 0 atom stereocenters. The van der Waals surface area contributed by atoms with Crippen molar-refractivity contribution in [1.82, 2.24) is 0 Å². The molecule has 4 nitrogen and oxygen atoms in total. The maximum Gasteiger partial charge on any atom is 0.440 e. The molecule has 0 bridgehead atoms. The van der Waals surface area contributed by atoms with Crippen LogP contribution in [-0.4, -0.2) is 31.1 Å². The maximum atomic E-state index is 13.1. The molecule has 0 radical (unpaired) electrons. The van der Waals surface area contributed by atoms with Gasteiger partial charge in [-0.1, -0.05) is 6.42 Å². The second kappa shape index (κ2) is 7.48. The molecule has 0 heterocycles. The van der Waals surface area contributed by atoms with Crippen LogP contribution in [0.1, 0.15) is 32.1 Å². The lowest BCUT2D eigenvalue weighted by atomic mass is 9.98. The van der Waals surface area contributed by atoms with Crippen LogP contribution < -0.4 is 4.74 Å². The van der Waals surface area contributed by atoms with E-state index in [0.717, 1.165) is 19.3 Å². The van der Waals surface area contributed by atoms with Gasteiger partial charge in [0.1, 0.15) is 11.9 Å². The average Bonchev–Trinajstić information content (AvgIpc) is 2.53. The Labute approximate surface area is 132 Å². The number of alkyl halides is 3. The van der Waals surface area contributed by atoms with Crippen molar-refractivity contribution in [1.29, 1.82) is 0 Å². The Kier molecular flexibility index (Phi) is 5.63. The third-order valence-electron chi connectivity index (χ3n) is 3.60. The van der Waals surface area contributed by atoms with Crippen LogP contribution >= 0.6 is 0 Å². The van der Waals surface area contributed by atoms with Crippen LogP contribution in [0.15, 0.2) is 29.3 Å². The summed E-state index contributed by atoms with van der Waals surface area (Å²) in [5, 5.41) is 0. The van der Waals surface area contributed by atoms with Gasteiger partial charge in [-0.05, 0) is 49.9 Å². The summed E-state index contributed by atoms with van der Waals surface area (Å²) in [5.41, 5.74) is -1.52. The van der Waals surface area contributed by atoms with Gasteiger partial charge >= 0.3 is 12.1 Å². The van der Waals surface area contributed by atoms with Gasteiger partial charge in [-0.3, -0.25) is 0 Å². The van der Waals surface area contributed by atoms with E-state index >= 15 is 0 Å². The summed E-state index contributed by atoms with van der Waals surface area (Å²) in [7, 11) is 1.45. The first-order valence-electron chi connectivity index (χ1n) is 7.41. The summed E-state index contributed by atoms with van der Waals surface area (Å²) >= 11 is 0. The average molecular weight is 329 g/mol. The van der Waals surface area contributed by atoms with E-state index < -0.39 is 24.0 Å². The highest BCUT2D eigenvalue weighted by atomic mass is 19.4. The molecular formula is C16H18F3NO3. The second-order valence-corrected chi connectivity index (χ2v) is 5.32. The smallest absolute Gasteiger partial charge is 0.440 e. The summed E-state index contributed by atoms with van der Waals surface area (Å²) in [6.07, 6.45) is -1.41. The van der Waals surface area contributed by atoms with Crippen molar-refractivity contribution in [3.63, 3.8) is 0 Å². The molecule has 7 heteroatoms. The number of aliphatic imine (C=N–C) groups is 1. The van der Waals surface area contributed by atoms with E-state index in [1.807, 2.05) is 0 Å². The number of benzene rings is 1. The quantitative estimate of drug-likeness (QED) is 0.614. The van der Waals surface area contributed by atoms with Crippen LogP contribution in [0.4, 0.5) is 18.9 Å². The Bertz CT molecular complexity index is 561. The van der Waals surface area contributed by atoms with Gasteiger partial charge in [0.25, 0.3) is 0 Å². The minimum atomic E-state index is -4.87. The van der Waals surface area contributed by atoms with E-state index in [1.54, 1.807) is 0 Å². The van der Waals surface area contributed by atoms with Gasteiger partial charge in [0.05, 0.1) is 12.8 Å². The van der Waals surface area contributed by atoms with Crippen LogP contribution in [-0.2, 0) is 9.53 Å². The molecule has 1 fully saturated rings. The summed E-state index contributed by atoms with van der Waals surface area (Å²) in [5.74, 6) is -0.928. The van der Waals surface area contributed by atoms with Crippen molar-refractivity contribution in [2.75, 3.05) is 7.11 Å². The fraction of sp³-hybridized carbons (Fsp3) is 0.500. The van der Waals surface area contributed by atoms with E-state index in [1.165, 1.54) is 31.4 Å². The summed E-state index contributed by atoms with van der Waals surface area (Å²) in [4.78, 5) is 15.3. The van der Waals surface area contributed by atoms with Crippen LogP contribution in [0.3, 0.4) is 0 Å². The number of methoxy groups -OCH3 is 1. The molecule has 0 saturated heterocycles. The molecule has 2 rings (SSSR count). The first-order chi connectivity index (χ1) is 10.9. The number of carbonyl (C=O) groups excluding carboxylic acids is 1. The Balaban J connectivity index is 2.18. The standard InChI is InChI=1S/C16H18F3NO3/c1-22-12-9-7-11(8-10-12)20-14(16(17,18)19)15(21)23-13-5-3-2-4-6-13/h7-10,13H,2-6H2,1H3. The van der Waals surface area contributed by atoms with Crippen LogP contribution in [0.2, 0.25) is 0 Å². The molecule has 1 aliphatic rings. The molecule has 0 aromatic heterocycles. The van der Waals surface area contributed by atoms with Gasteiger partial charge in [0.15, 0.2) is 0 Å². The molecule has 0 spiro atoms. The summed E-state index contributed by atoms with van der Waals surface area (Å²) < 4.78 is 49.2. The van der Waals surface area contributed by atoms with E-state index in [4.69, 9.17) is 9.47 Å². The van der Waals surface area contributed by atoms with Crippen molar-refractivity contribution < 1.29 is 27.4 Å². The van der Waals surface area contributed by atoms with Gasteiger partial charge in [-0.2, -0.15) is 13.2 Å². The molecule has 1 saturated carbocycles. The van der Waals surface area contributed by atoms with Crippen molar-refractivity contribution in [3.05, 3.63) is 24.3 Å². The Morgan fingerprint density at radius 2 is 1.74 bits per heavy atom. The van der Waals surface area contributed by atoms with E-state index in [9.17, 15) is 18.0 Å². The number of hydrogen-bond donors (Lipinski definition) is 0. The van der Waals surface area contributed by atoms with Crippen molar-refractivity contribution in [3.8, 4) is 5.75 Å². The fourth-order valence-corrected chi connectivity index (χ4v) is 2.40. The largest absolute Gasteiger partial charge is 0.497 e. The molecule has 1 aromatic carbocycles. The van der Waals surface area contributed by atoms with Crippen molar-refractivity contribution >= 4 is 17.4 Å². The van der Waals surface area contributed by atoms with Crippen molar-refractivity contribution in [2.24, 2.45) is 4.99 Å². The number of nitrogens with zero attached hydrogens (tertiary/aromatic N) is 1. The fourth-order valence-electron chi connectivity index (χ4n) is 2.40. The van der Waals surface area contributed by atoms with Crippen molar-refractivity contribution in [2.45, 2.75) is 44.4 Å². The minimum Gasteiger partial charge on any atom is -0.497 e. The summed E-state index contributed by atoms with van der Waals surface area (Å²) in [6, 6.07) is 5.63. The zero-order valence-electron chi connectivity index (χ0n) is 12.7. The highest BCUT2D eigenvalue weighted by Gasteiger charge is 2.43. The SMILES string of the molecule is COc1ccc(N=C(C(=O)OC2CCCCC2)C(F)(F)F)cc1. The topological polar surface area (TPSA) is 47.9 Å². The Hall–Kier alpha value is -2.05. The second-order valence-electron chi connectivity index (χ2n) is 5.32. The number of ether oxygens (including phenoxy) is 2. The van der Waals surface area contributed by atoms with Crippen LogP contribution in [0.5, 0.6) is 5.75 Å². The Morgan fingerprint density at radius 1 is 1.13 bits per heavy atom. The number of carbonyl (C=O) groups is 1. The first-order valence-corrected chi connectivity index (χ1v) is 7.41. The third-order valence-corrected chi connectivity index (χ3v) is 3.60. The lowest BCUT2D eigenvalue weighted by Crippen LogP contribution is -2.35. The monoisotopic (exact) mass is 329 g/mol. The highest BCUT2D eigenvalue weighted by Crippen LogP contribution is 2.26. The molecule has 23 heavy (non-hydrogen) atoms. The van der Waals surface area contributed by atoms with E-state index in [0.29, 0.717) is 18.6 Å². The molecule has 0 amide bonds. The zero-order chi connectivity index (χ0) is 16.9. The first kappa shape index (κ1) is 17.3. The molecule has 1 aromatic rings. The molecule has 0 N–H and O–H groups in total. The van der Waals surface area contributed by atoms with Gasteiger partial charge in [-0.25, -0.2) is 9.79 Å². The van der Waals surface area contributed by atoms with Gasteiger partial charge < -0.3 is 9.47 Å². The number of rotatable bonds is 4. The minimum absolute atomic E-state index is 0.0127. The number of halogens is 3. The van der Waals surface area contributed by atoms with Crippen LogP contribution in [0, 0.1) is 0 Å². The lowest BCUT2D eigenvalue weighted by Gasteiger charge is -2.22. The van der Waals surface area contributed by atoms with E-state index in [-0.39, 0.29) is 5.69 Å². The number of esters is 1. The van der Waals surface area contributed by atoms with Crippen LogP contribution in [0.25, 0.3) is 0 Å². The number of hydrogen-bond acceptors (Lipinski definition) is 4. The zero-order valence-corrected chi connectivity index (χ0v) is 12.7. The molecule has 0 aliphatic heterocycles. The van der Waals surface area contributed by atoms with Gasteiger partial charge in [0.2, 0.25) is 5.71 Å². The third kappa shape index (κ3) is 4.97. The highest BCUT2D eigenvalue weighted by molar-refractivity contribution is 6.39. The molecule has 0 unspecified atom stereocenters. The predicted octanol–water partition coefficient (Wildman–Crippen LogP) is 4.21. The normalized spacial score (nSPS) is 17.0. The molecule has 126 valence electrons. The predicted molar refractivity (Wildman–Crippen MR) is 79.1 cm³/mol. The summed E-state index contributed by atoms with van der Waals surface area (Å²) in [6.45, 7) is 0. The van der Waals surface area contributed by atoms with E-state index in [2.05, 4.69) is 4.99 Å². The lowest BCUT2D eigenvalue weighted by molar-refractivity contribution is -0.146. The Morgan fingerprint density at radius 3 is 2.26 bits per heavy atom.